The van der Waals surface area contributed by atoms with E-state index in [9.17, 15) is 18.8 Å². The number of fused-ring (bicyclic) bond motifs is 1. The largest absolute Gasteiger partial charge is 0.497 e. The van der Waals surface area contributed by atoms with Crippen LogP contribution in [-0.4, -0.2) is 30.0 Å². The van der Waals surface area contributed by atoms with Gasteiger partial charge in [0.1, 0.15) is 11.6 Å². The number of carbonyl (C=O) groups excluding carboxylic acids is 3. The van der Waals surface area contributed by atoms with Crippen molar-refractivity contribution < 1.29 is 28.3 Å². The summed E-state index contributed by atoms with van der Waals surface area (Å²) in [5, 5.41) is 0.351. The fourth-order valence-electron chi connectivity index (χ4n) is 3.03. The fraction of sp³-hybridized carbons (Fsp3) is 0.0455. The molecule has 6 nitrogen and oxygen atoms in total. The van der Waals surface area contributed by atoms with Gasteiger partial charge in [0.05, 0.1) is 23.8 Å². The molecule has 1 aliphatic rings. The molecule has 0 aromatic heterocycles. The lowest BCUT2D eigenvalue weighted by Gasteiger charge is -2.13. The highest BCUT2D eigenvalue weighted by Gasteiger charge is 2.39. The Morgan fingerprint density at radius 1 is 0.862 bits per heavy atom. The van der Waals surface area contributed by atoms with Crippen LogP contribution in [0.15, 0.2) is 66.7 Å². The fourth-order valence-corrected chi connectivity index (χ4v) is 3.03. The van der Waals surface area contributed by atoms with Crippen LogP contribution in [0.4, 0.5) is 4.39 Å². The van der Waals surface area contributed by atoms with Gasteiger partial charge in [-0.15, -0.1) is 0 Å². The Balaban J connectivity index is 1.55. The zero-order valence-corrected chi connectivity index (χ0v) is 15.2. The van der Waals surface area contributed by atoms with Crippen molar-refractivity contribution >= 4 is 17.8 Å². The summed E-state index contributed by atoms with van der Waals surface area (Å²) < 4.78 is 19.6. The van der Waals surface area contributed by atoms with Crippen LogP contribution in [-0.2, 0) is 4.84 Å². The molecule has 1 heterocycles. The van der Waals surface area contributed by atoms with Crippen LogP contribution in [0.1, 0.15) is 31.1 Å². The third-order valence-corrected chi connectivity index (χ3v) is 4.54. The minimum absolute atomic E-state index is 0.126. The van der Waals surface area contributed by atoms with Gasteiger partial charge in [0.2, 0.25) is 0 Å². The van der Waals surface area contributed by atoms with E-state index in [0.717, 1.165) is 5.56 Å². The lowest BCUT2D eigenvalue weighted by Crippen LogP contribution is -2.33. The van der Waals surface area contributed by atoms with Gasteiger partial charge in [0.25, 0.3) is 11.8 Å². The molecule has 0 radical (unpaired) electrons. The van der Waals surface area contributed by atoms with Gasteiger partial charge in [0, 0.05) is 0 Å². The van der Waals surface area contributed by atoms with Gasteiger partial charge in [0.15, 0.2) is 0 Å². The number of amides is 2. The highest BCUT2D eigenvalue weighted by atomic mass is 19.1. The van der Waals surface area contributed by atoms with Crippen molar-refractivity contribution in [2.75, 3.05) is 7.11 Å². The molecular formula is C22H14FNO5. The summed E-state index contributed by atoms with van der Waals surface area (Å²) in [7, 11) is 1.55. The molecule has 0 unspecified atom stereocenters. The Kier molecular flexibility index (Phi) is 4.56. The zero-order chi connectivity index (χ0) is 20.5. The molecule has 0 saturated heterocycles. The van der Waals surface area contributed by atoms with E-state index in [4.69, 9.17) is 9.57 Å². The number of methoxy groups -OCH3 is 1. The van der Waals surface area contributed by atoms with Crippen molar-refractivity contribution in [1.82, 2.24) is 5.06 Å². The number of nitrogens with zero attached hydrogens (tertiary/aromatic N) is 1. The van der Waals surface area contributed by atoms with Crippen LogP contribution in [0.5, 0.6) is 5.75 Å². The van der Waals surface area contributed by atoms with Crippen LogP contribution in [0.2, 0.25) is 0 Å². The van der Waals surface area contributed by atoms with Crippen molar-refractivity contribution in [2.24, 2.45) is 0 Å². The lowest BCUT2D eigenvalue weighted by molar-refractivity contribution is -0.0587. The molecule has 0 N–H and O–H groups in total. The highest BCUT2D eigenvalue weighted by molar-refractivity contribution is 6.21. The van der Waals surface area contributed by atoms with Crippen LogP contribution in [0, 0.1) is 5.82 Å². The third kappa shape index (κ3) is 3.23. The van der Waals surface area contributed by atoms with E-state index in [2.05, 4.69) is 0 Å². The van der Waals surface area contributed by atoms with E-state index in [1.165, 1.54) is 24.3 Å². The van der Waals surface area contributed by atoms with Crippen molar-refractivity contribution in [2.45, 2.75) is 0 Å². The Bertz CT molecular complexity index is 1110. The Morgan fingerprint density at radius 3 is 2.00 bits per heavy atom. The average Bonchev–Trinajstić information content (AvgIpc) is 2.98. The summed E-state index contributed by atoms with van der Waals surface area (Å²) in [4.78, 5) is 41.8. The summed E-state index contributed by atoms with van der Waals surface area (Å²) >= 11 is 0. The number of halogens is 1. The van der Waals surface area contributed by atoms with E-state index < -0.39 is 23.6 Å². The summed E-state index contributed by atoms with van der Waals surface area (Å²) in [6.45, 7) is 0. The van der Waals surface area contributed by atoms with Gasteiger partial charge in [-0.1, -0.05) is 35.4 Å². The molecule has 0 atom stereocenters. The van der Waals surface area contributed by atoms with Gasteiger partial charge in [-0.05, 0) is 47.5 Å². The first kappa shape index (κ1) is 18.4. The maximum absolute atomic E-state index is 14.5. The topological polar surface area (TPSA) is 72.9 Å². The SMILES string of the molecule is COc1ccc(-c2ccc(C(=O)ON3C(=O)c4ccccc4C3=O)c(F)c2)cc1. The maximum Gasteiger partial charge on any atom is 0.366 e. The van der Waals surface area contributed by atoms with Gasteiger partial charge in [-0.25, -0.2) is 9.18 Å². The Labute approximate surface area is 165 Å². The minimum Gasteiger partial charge on any atom is -0.497 e. The molecule has 7 heteroatoms. The molecule has 0 aliphatic carbocycles. The summed E-state index contributed by atoms with van der Waals surface area (Å²) in [5.41, 5.74) is 1.13. The molecule has 3 aromatic carbocycles. The first-order valence-corrected chi connectivity index (χ1v) is 8.63. The summed E-state index contributed by atoms with van der Waals surface area (Å²) in [6.07, 6.45) is 0. The molecule has 144 valence electrons. The van der Waals surface area contributed by atoms with Gasteiger partial charge in [-0.2, -0.15) is 0 Å². The molecule has 0 fully saturated rings. The molecule has 2 amide bonds. The third-order valence-electron chi connectivity index (χ3n) is 4.54. The zero-order valence-electron chi connectivity index (χ0n) is 15.2. The van der Waals surface area contributed by atoms with E-state index in [1.54, 1.807) is 49.6 Å². The van der Waals surface area contributed by atoms with Crippen molar-refractivity contribution in [3.8, 4) is 16.9 Å². The predicted octanol–water partition coefficient (Wildman–Crippen LogP) is 3.87. The number of imide groups is 1. The quantitative estimate of drug-likeness (QED) is 0.632. The number of carbonyl (C=O) groups is 3. The second kappa shape index (κ2) is 7.20. The van der Waals surface area contributed by atoms with Crippen LogP contribution < -0.4 is 4.74 Å². The second-order valence-corrected chi connectivity index (χ2v) is 6.25. The van der Waals surface area contributed by atoms with Crippen molar-refractivity contribution in [3.05, 3.63) is 89.2 Å². The second-order valence-electron chi connectivity index (χ2n) is 6.25. The van der Waals surface area contributed by atoms with Crippen molar-refractivity contribution in [1.29, 1.82) is 0 Å². The molecule has 3 aromatic rings. The molecular weight excluding hydrogens is 377 g/mol. The molecule has 0 bridgehead atoms. The smallest absolute Gasteiger partial charge is 0.366 e. The minimum atomic E-state index is -1.14. The lowest BCUT2D eigenvalue weighted by atomic mass is 10.0. The molecule has 4 rings (SSSR count). The van der Waals surface area contributed by atoms with Crippen molar-refractivity contribution in [3.63, 3.8) is 0 Å². The van der Waals surface area contributed by atoms with Gasteiger partial charge in [-0.3, -0.25) is 9.59 Å². The number of benzene rings is 3. The number of ether oxygens (including phenoxy) is 1. The highest BCUT2D eigenvalue weighted by Crippen LogP contribution is 2.26. The molecule has 29 heavy (non-hydrogen) atoms. The number of hydrogen-bond donors (Lipinski definition) is 0. The summed E-state index contributed by atoms with van der Waals surface area (Å²) in [5.74, 6) is -2.85. The van der Waals surface area contributed by atoms with E-state index >= 15 is 0 Å². The van der Waals surface area contributed by atoms with E-state index in [0.29, 0.717) is 16.4 Å². The van der Waals surface area contributed by atoms with E-state index in [1.807, 2.05) is 0 Å². The molecule has 0 saturated carbocycles. The Morgan fingerprint density at radius 2 is 1.45 bits per heavy atom. The van der Waals surface area contributed by atoms with Gasteiger partial charge < -0.3 is 9.57 Å². The standard InChI is InChI=1S/C22H14FNO5/c1-28-15-9-6-13(7-10-15)14-8-11-18(19(23)12-14)22(27)29-24-20(25)16-4-2-3-5-17(16)21(24)26/h2-12H,1H3. The maximum atomic E-state index is 14.5. The molecule has 1 aliphatic heterocycles. The number of rotatable bonds is 4. The van der Waals surface area contributed by atoms with Crippen LogP contribution in [0.25, 0.3) is 11.1 Å². The Hall–Kier alpha value is -4.00. The predicted molar refractivity (Wildman–Crippen MR) is 101 cm³/mol. The first-order valence-electron chi connectivity index (χ1n) is 8.63. The van der Waals surface area contributed by atoms with E-state index in [-0.39, 0.29) is 16.7 Å². The van der Waals surface area contributed by atoms with Gasteiger partial charge >= 0.3 is 5.97 Å². The average molecular weight is 391 g/mol. The number of hydrogen-bond acceptors (Lipinski definition) is 5. The monoisotopic (exact) mass is 391 g/mol. The molecule has 0 spiro atoms. The first-order chi connectivity index (χ1) is 14.0. The van der Waals surface area contributed by atoms with Crippen LogP contribution in [0.3, 0.4) is 0 Å². The normalized spacial score (nSPS) is 12.7. The van der Waals surface area contributed by atoms with Crippen LogP contribution >= 0.6 is 0 Å². The summed E-state index contributed by atoms with van der Waals surface area (Å²) in [6, 6.07) is 17.0. The number of hydroxylamine groups is 2.